The van der Waals surface area contributed by atoms with Gasteiger partial charge in [0.05, 0.1) is 17.2 Å². The standard InChI is InChI=1S/C14H15Cl2NO2S/c15-10-1-2-12(16)11(9-10)13(18)17-5-3-14(4-6-17)19-7-8-20-14/h1-2,9H,3-8H2. The number of likely N-dealkylation sites (tertiary alicyclic amines) is 1. The lowest BCUT2D eigenvalue weighted by Crippen LogP contribution is -2.45. The predicted octanol–water partition coefficient (Wildman–Crippen LogP) is 3.69. The highest BCUT2D eigenvalue weighted by molar-refractivity contribution is 8.00. The fourth-order valence-corrected chi connectivity index (χ4v) is 4.21. The maximum absolute atomic E-state index is 12.5. The van der Waals surface area contributed by atoms with Crippen LogP contribution in [-0.4, -0.2) is 41.2 Å². The Bertz CT molecular complexity index is 522. The van der Waals surface area contributed by atoms with Gasteiger partial charge in [-0.3, -0.25) is 4.79 Å². The molecular weight excluding hydrogens is 317 g/mol. The van der Waals surface area contributed by atoms with Gasteiger partial charge in [0.1, 0.15) is 4.93 Å². The van der Waals surface area contributed by atoms with Crippen molar-refractivity contribution in [2.45, 2.75) is 17.8 Å². The van der Waals surface area contributed by atoms with E-state index in [4.69, 9.17) is 27.9 Å². The van der Waals surface area contributed by atoms with Crippen molar-refractivity contribution in [3.63, 3.8) is 0 Å². The Morgan fingerprint density at radius 2 is 2.05 bits per heavy atom. The van der Waals surface area contributed by atoms with E-state index >= 15 is 0 Å². The lowest BCUT2D eigenvalue weighted by atomic mass is 10.1. The normalized spacial score (nSPS) is 21.4. The molecule has 0 atom stereocenters. The zero-order valence-electron chi connectivity index (χ0n) is 10.9. The van der Waals surface area contributed by atoms with Crippen LogP contribution in [0.4, 0.5) is 0 Å². The molecule has 0 N–H and O–H groups in total. The van der Waals surface area contributed by atoms with E-state index in [9.17, 15) is 4.79 Å². The molecule has 2 fully saturated rings. The molecule has 20 heavy (non-hydrogen) atoms. The number of piperidine rings is 1. The summed E-state index contributed by atoms with van der Waals surface area (Å²) in [6.07, 6.45) is 1.75. The molecule has 0 radical (unpaired) electrons. The summed E-state index contributed by atoms with van der Waals surface area (Å²) in [6.45, 7) is 2.22. The Morgan fingerprint density at radius 3 is 2.70 bits per heavy atom. The van der Waals surface area contributed by atoms with Crippen LogP contribution in [-0.2, 0) is 4.74 Å². The van der Waals surface area contributed by atoms with Crippen LogP contribution in [0, 0.1) is 0 Å². The number of nitrogens with zero attached hydrogens (tertiary/aromatic N) is 1. The highest BCUT2D eigenvalue weighted by atomic mass is 35.5. The molecular formula is C14H15Cl2NO2S. The third-order valence-electron chi connectivity index (χ3n) is 3.78. The lowest BCUT2D eigenvalue weighted by Gasteiger charge is -2.38. The molecule has 1 aromatic carbocycles. The summed E-state index contributed by atoms with van der Waals surface area (Å²) in [5, 5.41) is 0.979. The SMILES string of the molecule is O=C(c1cc(Cl)ccc1Cl)N1CCC2(CC1)OCCS2. The second kappa shape index (κ2) is 5.76. The quantitative estimate of drug-likeness (QED) is 0.786. The van der Waals surface area contributed by atoms with E-state index in [0.29, 0.717) is 28.7 Å². The van der Waals surface area contributed by atoms with Crippen LogP contribution in [0.5, 0.6) is 0 Å². The van der Waals surface area contributed by atoms with Gasteiger partial charge in [0.2, 0.25) is 0 Å². The number of carbonyl (C=O) groups excluding carboxylic acids is 1. The van der Waals surface area contributed by atoms with Crippen LogP contribution >= 0.6 is 35.0 Å². The number of benzene rings is 1. The molecule has 2 aliphatic heterocycles. The van der Waals surface area contributed by atoms with Crippen LogP contribution in [0.1, 0.15) is 23.2 Å². The molecule has 3 rings (SSSR count). The Balaban J connectivity index is 1.71. The van der Waals surface area contributed by atoms with E-state index in [2.05, 4.69) is 0 Å². The van der Waals surface area contributed by atoms with Gasteiger partial charge in [0.25, 0.3) is 5.91 Å². The van der Waals surface area contributed by atoms with Crippen molar-refractivity contribution in [1.29, 1.82) is 0 Å². The summed E-state index contributed by atoms with van der Waals surface area (Å²) in [5.41, 5.74) is 0.482. The Hall–Kier alpha value is -0.420. The van der Waals surface area contributed by atoms with Crippen molar-refractivity contribution >= 4 is 40.9 Å². The molecule has 2 saturated heterocycles. The van der Waals surface area contributed by atoms with Crippen molar-refractivity contribution in [2.75, 3.05) is 25.4 Å². The van der Waals surface area contributed by atoms with Gasteiger partial charge in [-0.2, -0.15) is 0 Å². The molecule has 3 nitrogen and oxygen atoms in total. The van der Waals surface area contributed by atoms with Crippen LogP contribution < -0.4 is 0 Å². The van der Waals surface area contributed by atoms with E-state index in [1.807, 2.05) is 16.7 Å². The number of thioether (sulfide) groups is 1. The van der Waals surface area contributed by atoms with Gasteiger partial charge in [-0.05, 0) is 18.2 Å². The molecule has 6 heteroatoms. The minimum atomic E-state index is -0.0606. The van der Waals surface area contributed by atoms with Crippen molar-refractivity contribution in [3.05, 3.63) is 33.8 Å². The molecule has 0 aromatic heterocycles. The van der Waals surface area contributed by atoms with Crippen LogP contribution in [0.25, 0.3) is 0 Å². The average Bonchev–Trinajstić information content (AvgIpc) is 2.90. The second-order valence-electron chi connectivity index (χ2n) is 5.02. The van der Waals surface area contributed by atoms with Gasteiger partial charge >= 0.3 is 0 Å². The van der Waals surface area contributed by atoms with E-state index in [0.717, 1.165) is 25.2 Å². The first-order valence-corrected chi connectivity index (χ1v) is 8.36. The summed E-state index contributed by atoms with van der Waals surface area (Å²) < 4.78 is 5.84. The maximum atomic E-state index is 12.5. The zero-order valence-corrected chi connectivity index (χ0v) is 13.2. The highest BCUT2D eigenvalue weighted by Crippen LogP contribution is 2.41. The van der Waals surface area contributed by atoms with Crippen molar-refractivity contribution in [1.82, 2.24) is 4.90 Å². The molecule has 0 bridgehead atoms. The molecule has 0 aliphatic carbocycles. The molecule has 0 saturated carbocycles. The number of carbonyl (C=O) groups is 1. The first kappa shape index (κ1) is 14.5. The van der Waals surface area contributed by atoms with Crippen LogP contribution in [0.2, 0.25) is 10.0 Å². The smallest absolute Gasteiger partial charge is 0.255 e. The number of rotatable bonds is 1. The minimum absolute atomic E-state index is 0.0460. The molecule has 108 valence electrons. The van der Waals surface area contributed by atoms with Gasteiger partial charge < -0.3 is 9.64 Å². The van der Waals surface area contributed by atoms with Gasteiger partial charge in [0.15, 0.2) is 0 Å². The van der Waals surface area contributed by atoms with Crippen molar-refractivity contribution in [2.24, 2.45) is 0 Å². The third-order valence-corrected chi connectivity index (χ3v) is 5.77. The highest BCUT2D eigenvalue weighted by Gasteiger charge is 2.40. The first-order valence-electron chi connectivity index (χ1n) is 6.62. The van der Waals surface area contributed by atoms with Crippen molar-refractivity contribution in [3.8, 4) is 0 Å². The number of hydrogen-bond acceptors (Lipinski definition) is 3. The van der Waals surface area contributed by atoms with Gasteiger partial charge in [-0.1, -0.05) is 23.2 Å². The zero-order chi connectivity index (χ0) is 14.2. The Morgan fingerprint density at radius 1 is 1.30 bits per heavy atom. The lowest BCUT2D eigenvalue weighted by molar-refractivity contribution is 0.00353. The minimum Gasteiger partial charge on any atom is -0.363 e. The van der Waals surface area contributed by atoms with Crippen LogP contribution in [0.3, 0.4) is 0 Å². The fourth-order valence-electron chi connectivity index (χ4n) is 2.67. The molecule has 2 heterocycles. The second-order valence-corrected chi connectivity index (χ2v) is 7.31. The first-order chi connectivity index (χ1) is 9.60. The monoisotopic (exact) mass is 331 g/mol. The number of halogens is 2. The van der Waals surface area contributed by atoms with Gasteiger partial charge in [0, 0.05) is 36.7 Å². The van der Waals surface area contributed by atoms with E-state index in [-0.39, 0.29) is 10.8 Å². The van der Waals surface area contributed by atoms with Gasteiger partial charge in [-0.25, -0.2) is 0 Å². The summed E-state index contributed by atoms with van der Waals surface area (Å²) in [4.78, 5) is 14.3. The van der Waals surface area contributed by atoms with E-state index in [1.54, 1.807) is 18.2 Å². The summed E-state index contributed by atoms with van der Waals surface area (Å²) in [7, 11) is 0. The Labute approximate surface area is 132 Å². The largest absolute Gasteiger partial charge is 0.363 e. The Kier molecular flexibility index (Phi) is 4.18. The van der Waals surface area contributed by atoms with Crippen LogP contribution in [0.15, 0.2) is 18.2 Å². The topological polar surface area (TPSA) is 29.5 Å². The van der Waals surface area contributed by atoms with Gasteiger partial charge in [-0.15, -0.1) is 11.8 Å². The molecule has 1 spiro atoms. The molecule has 0 unspecified atom stereocenters. The number of amides is 1. The third kappa shape index (κ3) is 2.80. The number of hydrogen-bond donors (Lipinski definition) is 0. The predicted molar refractivity (Wildman–Crippen MR) is 82.7 cm³/mol. The van der Waals surface area contributed by atoms with E-state index < -0.39 is 0 Å². The summed E-state index contributed by atoms with van der Waals surface area (Å²) >= 11 is 13.9. The average molecular weight is 332 g/mol. The summed E-state index contributed by atoms with van der Waals surface area (Å²) in [6, 6.07) is 4.99. The fraction of sp³-hybridized carbons (Fsp3) is 0.500. The molecule has 1 amide bonds. The number of ether oxygens (including phenoxy) is 1. The summed E-state index contributed by atoms with van der Waals surface area (Å²) in [5.74, 6) is 1.00. The molecule has 2 aliphatic rings. The van der Waals surface area contributed by atoms with E-state index in [1.165, 1.54) is 0 Å². The van der Waals surface area contributed by atoms with Crippen molar-refractivity contribution < 1.29 is 9.53 Å². The molecule has 1 aromatic rings. The maximum Gasteiger partial charge on any atom is 0.255 e.